The lowest BCUT2D eigenvalue weighted by Gasteiger charge is -2.14. The maximum absolute atomic E-state index is 10.5. The second kappa shape index (κ2) is 6.15. The minimum absolute atomic E-state index is 0.0763. The fourth-order valence-corrected chi connectivity index (χ4v) is 1.47. The van der Waals surface area contributed by atoms with Crippen LogP contribution in [0, 0.1) is 5.92 Å². The summed E-state index contributed by atoms with van der Waals surface area (Å²) in [5.74, 6) is -0.255. The molecule has 1 rings (SSSR count). The van der Waals surface area contributed by atoms with Gasteiger partial charge in [0.15, 0.2) is 5.69 Å². The molecule has 1 aromatic heterocycles. The molecule has 0 saturated carbocycles. The van der Waals surface area contributed by atoms with E-state index < -0.39 is 5.97 Å². The second-order valence-corrected chi connectivity index (χ2v) is 4.16. The summed E-state index contributed by atoms with van der Waals surface area (Å²) in [5, 5.41) is 20.9. The molecule has 0 aliphatic carbocycles. The van der Waals surface area contributed by atoms with E-state index in [2.05, 4.69) is 15.3 Å². The lowest BCUT2D eigenvalue weighted by Crippen LogP contribution is -2.17. The first-order valence-electron chi connectivity index (χ1n) is 5.46. The molecular weight excluding hydrogens is 222 g/mol. The van der Waals surface area contributed by atoms with E-state index >= 15 is 0 Å². The molecule has 0 aromatic carbocycles. The van der Waals surface area contributed by atoms with Crippen LogP contribution in [0.1, 0.15) is 30.8 Å². The van der Waals surface area contributed by atoms with Gasteiger partial charge in [0, 0.05) is 6.54 Å². The van der Waals surface area contributed by atoms with Crippen LogP contribution in [0.15, 0.2) is 12.4 Å². The largest absolute Gasteiger partial charge is 0.476 e. The van der Waals surface area contributed by atoms with Crippen molar-refractivity contribution >= 4 is 11.8 Å². The normalized spacial score (nSPS) is 14.1. The molecule has 1 heterocycles. The Kier molecular flexibility index (Phi) is 4.84. The number of carbonyl (C=O) groups is 1. The van der Waals surface area contributed by atoms with Gasteiger partial charge in [-0.25, -0.2) is 14.8 Å². The number of aromatic carboxylic acids is 1. The van der Waals surface area contributed by atoms with Gasteiger partial charge in [0.25, 0.3) is 0 Å². The zero-order chi connectivity index (χ0) is 12.8. The third kappa shape index (κ3) is 4.78. The summed E-state index contributed by atoms with van der Waals surface area (Å²) in [6.07, 6.45) is 2.98. The highest BCUT2D eigenvalue weighted by molar-refractivity contribution is 5.84. The van der Waals surface area contributed by atoms with Crippen LogP contribution in [-0.4, -0.2) is 38.8 Å². The Bertz CT molecular complexity index is 365. The Morgan fingerprint density at radius 2 is 2.12 bits per heavy atom. The number of nitrogens with zero attached hydrogens (tertiary/aromatic N) is 2. The molecule has 0 radical (unpaired) electrons. The summed E-state index contributed by atoms with van der Waals surface area (Å²) in [7, 11) is 0. The van der Waals surface area contributed by atoms with Crippen LogP contribution in [0.2, 0.25) is 0 Å². The molecule has 0 fully saturated rings. The molecule has 0 spiro atoms. The first-order chi connectivity index (χ1) is 7.99. The lowest BCUT2D eigenvalue weighted by atomic mass is 10.1. The van der Waals surface area contributed by atoms with Gasteiger partial charge in [0.1, 0.15) is 5.82 Å². The van der Waals surface area contributed by atoms with Crippen LogP contribution in [-0.2, 0) is 0 Å². The number of hydrogen-bond acceptors (Lipinski definition) is 5. The van der Waals surface area contributed by atoms with Gasteiger partial charge in [0.2, 0.25) is 0 Å². The first-order valence-corrected chi connectivity index (χ1v) is 5.46. The molecule has 94 valence electrons. The number of aromatic nitrogens is 2. The maximum Gasteiger partial charge on any atom is 0.356 e. The van der Waals surface area contributed by atoms with E-state index in [-0.39, 0.29) is 11.8 Å². The Labute approximate surface area is 99.7 Å². The van der Waals surface area contributed by atoms with Crippen molar-refractivity contribution in [2.75, 3.05) is 11.9 Å². The summed E-state index contributed by atoms with van der Waals surface area (Å²) < 4.78 is 0. The molecule has 3 N–H and O–H groups in total. The van der Waals surface area contributed by atoms with Crippen molar-refractivity contribution in [2.24, 2.45) is 5.92 Å². The Hall–Kier alpha value is -1.69. The topological polar surface area (TPSA) is 95.3 Å². The third-order valence-corrected chi connectivity index (χ3v) is 2.25. The molecule has 1 aromatic rings. The molecule has 17 heavy (non-hydrogen) atoms. The van der Waals surface area contributed by atoms with Crippen molar-refractivity contribution in [1.29, 1.82) is 0 Å². The summed E-state index contributed by atoms with van der Waals surface area (Å²) >= 11 is 0. The average Bonchev–Trinajstić information content (AvgIpc) is 2.26. The highest BCUT2D eigenvalue weighted by atomic mass is 16.4. The predicted octanol–water partition coefficient (Wildman–Crippen LogP) is 0.994. The molecule has 0 amide bonds. The van der Waals surface area contributed by atoms with E-state index in [4.69, 9.17) is 5.11 Å². The van der Waals surface area contributed by atoms with Crippen LogP contribution < -0.4 is 5.32 Å². The van der Waals surface area contributed by atoms with Gasteiger partial charge in [-0.2, -0.15) is 0 Å². The van der Waals surface area contributed by atoms with Crippen molar-refractivity contribution in [3.8, 4) is 0 Å². The quantitative estimate of drug-likeness (QED) is 0.685. The molecule has 0 saturated heterocycles. The molecular formula is C11H17N3O3. The average molecular weight is 239 g/mol. The van der Waals surface area contributed by atoms with Gasteiger partial charge in [-0.3, -0.25) is 0 Å². The molecule has 2 atom stereocenters. The lowest BCUT2D eigenvalue weighted by molar-refractivity contribution is 0.0690. The van der Waals surface area contributed by atoms with E-state index in [0.717, 1.165) is 0 Å². The zero-order valence-corrected chi connectivity index (χ0v) is 9.92. The van der Waals surface area contributed by atoms with Crippen LogP contribution in [0.5, 0.6) is 0 Å². The third-order valence-electron chi connectivity index (χ3n) is 2.25. The number of anilines is 1. The number of carboxylic acid groups (broad SMARTS) is 1. The van der Waals surface area contributed by atoms with E-state index in [0.29, 0.717) is 24.7 Å². The number of aliphatic hydroxyl groups is 1. The number of rotatable bonds is 6. The fourth-order valence-electron chi connectivity index (χ4n) is 1.47. The number of carboxylic acids is 1. The molecule has 0 aliphatic heterocycles. The number of hydrogen-bond donors (Lipinski definition) is 3. The Morgan fingerprint density at radius 1 is 1.41 bits per heavy atom. The van der Waals surface area contributed by atoms with E-state index in [1.54, 1.807) is 6.92 Å². The van der Waals surface area contributed by atoms with Crippen molar-refractivity contribution in [1.82, 2.24) is 9.97 Å². The SMILES string of the molecule is CC(O)CC(C)CNc1cnc(C(=O)O)cn1. The van der Waals surface area contributed by atoms with Crippen molar-refractivity contribution < 1.29 is 15.0 Å². The molecule has 6 nitrogen and oxygen atoms in total. The van der Waals surface area contributed by atoms with Crippen molar-refractivity contribution in [3.05, 3.63) is 18.1 Å². The molecule has 0 bridgehead atoms. The molecule has 2 unspecified atom stereocenters. The van der Waals surface area contributed by atoms with Gasteiger partial charge in [-0.1, -0.05) is 6.92 Å². The molecule has 6 heteroatoms. The van der Waals surface area contributed by atoms with Gasteiger partial charge in [-0.05, 0) is 19.3 Å². The van der Waals surface area contributed by atoms with E-state index in [1.807, 2.05) is 6.92 Å². The Balaban J connectivity index is 2.44. The number of aliphatic hydroxyl groups excluding tert-OH is 1. The summed E-state index contributed by atoms with van der Waals surface area (Å²) in [6, 6.07) is 0. The predicted molar refractivity (Wildman–Crippen MR) is 62.9 cm³/mol. The van der Waals surface area contributed by atoms with Crippen molar-refractivity contribution in [2.45, 2.75) is 26.4 Å². The van der Waals surface area contributed by atoms with Gasteiger partial charge >= 0.3 is 5.97 Å². The first kappa shape index (κ1) is 13.4. The van der Waals surface area contributed by atoms with Gasteiger partial charge in [-0.15, -0.1) is 0 Å². The second-order valence-electron chi connectivity index (χ2n) is 4.16. The van der Waals surface area contributed by atoms with Gasteiger partial charge < -0.3 is 15.5 Å². The van der Waals surface area contributed by atoms with Crippen LogP contribution in [0.4, 0.5) is 5.82 Å². The minimum atomic E-state index is -1.09. The van der Waals surface area contributed by atoms with E-state index in [9.17, 15) is 9.90 Å². The standard InChI is InChI=1S/C11H17N3O3/c1-7(3-8(2)15)4-13-10-6-12-9(5-14-10)11(16)17/h5-8,15H,3-4H2,1-2H3,(H,13,14)(H,16,17). The summed E-state index contributed by atoms with van der Waals surface area (Å²) in [4.78, 5) is 18.2. The van der Waals surface area contributed by atoms with Crippen LogP contribution >= 0.6 is 0 Å². The maximum atomic E-state index is 10.5. The fraction of sp³-hybridized carbons (Fsp3) is 0.545. The Morgan fingerprint density at radius 3 is 2.59 bits per heavy atom. The smallest absolute Gasteiger partial charge is 0.356 e. The van der Waals surface area contributed by atoms with Crippen molar-refractivity contribution in [3.63, 3.8) is 0 Å². The molecule has 0 aliphatic rings. The summed E-state index contributed by atoms with van der Waals surface area (Å²) in [5.41, 5.74) is -0.0763. The zero-order valence-electron chi connectivity index (χ0n) is 9.92. The van der Waals surface area contributed by atoms with Crippen LogP contribution in [0.25, 0.3) is 0 Å². The monoisotopic (exact) mass is 239 g/mol. The summed E-state index contributed by atoms with van der Waals surface area (Å²) in [6.45, 7) is 4.42. The highest BCUT2D eigenvalue weighted by Crippen LogP contribution is 2.08. The minimum Gasteiger partial charge on any atom is -0.476 e. The van der Waals surface area contributed by atoms with Crippen LogP contribution in [0.3, 0.4) is 0 Å². The number of nitrogens with one attached hydrogen (secondary N) is 1. The highest BCUT2D eigenvalue weighted by Gasteiger charge is 2.07. The van der Waals surface area contributed by atoms with Gasteiger partial charge in [0.05, 0.1) is 18.5 Å². The van der Waals surface area contributed by atoms with E-state index in [1.165, 1.54) is 12.4 Å².